The topological polar surface area (TPSA) is 67.3 Å². The van der Waals surface area contributed by atoms with Crippen LogP contribution in [0.2, 0.25) is 0 Å². The molecule has 2 aromatic carbocycles. The quantitative estimate of drug-likeness (QED) is 0.690. The summed E-state index contributed by atoms with van der Waals surface area (Å²) in [5.74, 6) is 1.06. The molecule has 1 fully saturated rings. The summed E-state index contributed by atoms with van der Waals surface area (Å²) in [6.45, 7) is 1.44. The third kappa shape index (κ3) is 4.40. The lowest BCUT2D eigenvalue weighted by Crippen LogP contribution is -2.38. The molecule has 0 unspecified atom stereocenters. The summed E-state index contributed by atoms with van der Waals surface area (Å²) in [5.41, 5.74) is 2.01. The highest BCUT2D eigenvalue weighted by atomic mass is 19.1. The van der Waals surface area contributed by atoms with Crippen molar-refractivity contribution in [2.24, 2.45) is 5.92 Å². The maximum atomic E-state index is 13.4. The van der Waals surface area contributed by atoms with Crippen molar-refractivity contribution in [2.75, 3.05) is 30.4 Å². The van der Waals surface area contributed by atoms with Gasteiger partial charge in [-0.25, -0.2) is 4.39 Å². The first kappa shape index (κ1) is 19.8. The molecule has 154 valence electrons. The molecular formula is C23H23FN4O2. The van der Waals surface area contributed by atoms with E-state index in [1.807, 2.05) is 36.4 Å². The third-order valence-electron chi connectivity index (χ3n) is 5.33. The van der Waals surface area contributed by atoms with Crippen LogP contribution in [-0.4, -0.2) is 36.3 Å². The van der Waals surface area contributed by atoms with Crippen LogP contribution in [0.1, 0.15) is 12.8 Å². The van der Waals surface area contributed by atoms with E-state index >= 15 is 0 Å². The Balaban J connectivity index is 1.35. The molecule has 1 aliphatic heterocycles. The molecule has 4 rings (SSSR count). The molecule has 6 nitrogen and oxygen atoms in total. The Morgan fingerprint density at radius 2 is 1.87 bits per heavy atom. The van der Waals surface area contributed by atoms with Crippen molar-refractivity contribution in [3.63, 3.8) is 0 Å². The molecule has 1 amide bonds. The van der Waals surface area contributed by atoms with Crippen LogP contribution >= 0.6 is 0 Å². The molecule has 0 saturated carbocycles. The number of nitrogens with one attached hydrogen (secondary N) is 1. The van der Waals surface area contributed by atoms with Crippen LogP contribution in [0.5, 0.6) is 5.75 Å². The molecule has 30 heavy (non-hydrogen) atoms. The maximum Gasteiger partial charge on any atom is 0.227 e. The first-order valence-corrected chi connectivity index (χ1v) is 9.92. The fourth-order valence-electron chi connectivity index (χ4n) is 3.65. The Labute approximate surface area is 174 Å². The Bertz CT molecular complexity index is 1020. The second-order valence-corrected chi connectivity index (χ2v) is 7.24. The van der Waals surface area contributed by atoms with Crippen LogP contribution in [0.15, 0.2) is 60.7 Å². The normalized spacial score (nSPS) is 14.4. The van der Waals surface area contributed by atoms with E-state index < -0.39 is 0 Å². The summed E-state index contributed by atoms with van der Waals surface area (Å²) < 4.78 is 18.7. The van der Waals surface area contributed by atoms with Crippen molar-refractivity contribution < 1.29 is 13.9 Å². The monoisotopic (exact) mass is 406 g/mol. The molecule has 1 N–H and O–H groups in total. The van der Waals surface area contributed by atoms with Crippen LogP contribution in [-0.2, 0) is 4.79 Å². The second kappa shape index (κ2) is 8.90. The van der Waals surface area contributed by atoms with E-state index in [9.17, 15) is 9.18 Å². The number of amides is 1. The van der Waals surface area contributed by atoms with Gasteiger partial charge in [0.1, 0.15) is 11.6 Å². The van der Waals surface area contributed by atoms with Gasteiger partial charge in [-0.05, 0) is 49.2 Å². The zero-order chi connectivity index (χ0) is 20.9. The van der Waals surface area contributed by atoms with Gasteiger partial charge in [0, 0.05) is 24.6 Å². The average molecular weight is 406 g/mol. The summed E-state index contributed by atoms with van der Waals surface area (Å²) in [6, 6.07) is 17.4. The van der Waals surface area contributed by atoms with Gasteiger partial charge in [-0.2, -0.15) is 0 Å². The van der Waals surface area contributed by atoms with Crippen LogP contribution in [0, 0.1) is 11.7 Å². The number of methoxy groups -OCH3 is 1. The number of carbonyl (C=O) groups excluding carboxylic acids is 1. The lowest BCUT2D eigenvalue weighted by molar-refractivity contribution is -0.120. The van der Waals surface area contributed by atoms with Crippen molar-refractivity contribution in [3.8, 4) is 17.0 Å². The number of halogens is 1. The predicted molar refractivity (Wildman–Crippen MR) is 114 cm³/mol. The molecule has 0 radical (unpaired) electrons. The summed E-state index contributed by atoms with van der Waals surface area (Å²) in [6.07, 6.45) is 1.46. The van der Waals surface area contributed by atoms with Crippen molar-refractivity contribution in [3.05, 3.63) is 66.5 Å². The lowest BCUT2D eigenvalue weighted by Gasteiger charge is -2.31. The van der Waals surface area contributed by atoms with Crippen LogP contribution in [0.3, 0.4) is 0 Å². The highest BCUT2D eigenvalue weighted by Crippen LogP contribution is 2.27. The van der Waals surface area contributed by atoms with E-state index in [1.165, 1.54) is 12.1 Å². The number of anilines is 2. The van der Waals surface area contributed by atoms with Gasteiger partial charge in [-0.3, -0.25) is 4.79 Å². The van der Waals surface area contributed by atoms with Gasteiger partial charge in [-0.1, -0.05) is 24.3 Å². The Kier molecular flexibility index (Phi) is 5.88. The molecule has 1 aromatic heterocycles. The molecular weight excluding hydrogens is 383 g/mol. The van der Waals surface area contributed by atoms with E-state index in [-0.39, 0.29) is 17.6 Å². The molecule has 2 heterocycles. The molecule has 0 bridgehead atoms. The SMILES string of the molecule is COc1ccccc1NC(=O)C1CCN(c2ccc(-c3cccc(F)c3)nn2)CC1. The molecule has 1 saturated heterocycles. The van der Waals surface area contributed by atoms with Gasteiger partial charge in [-0.15, -0.1) is 10.2 Å². The van der Waals surface area contributed by atoms with E-state index in [0.717, 1.165) is 31.7 Å². The van der Waals surface area contributed by atoms with Gasteiger partial charge in [0.05, 0.1) is 18.5 Å². The van der Waals surface area contributed by atoms with Crippen molar-refractivity contribution in [1.82, 2.24) is 10.2 Å². The Hall–Kier alpha value is -3.48. The summed E-state index contributed by atoms with van der Waals surface area (Å²) in [5, 5.41) is 11.5. The number of piperidine rings is 1. The number of ether oxygens (including phenoxy) is 1. The molecule has 7 heteroatoms. The Morgan fingerprint density at radius 3 is 2.57 bits per heavy atom. The van der Waals surface area contributed by atoms with Crippen LogP contribution < -0.4 is 15.0 Å². The Morgan fingerprint density at radius 1 is 1.07 bits per heavy atom. The molecule has 0 spiro atoms. The summed E-state index contributed by atoms with van der Waals surface area (Å²) >= 11 is 0. The predicted octanol–water partition coefficient (Wildman–Crippen LogP) is 4.15. The standard InChI is InChI=1S/C23H23FN4O2/c1-30-21-8-3-2-7-20(21)25-23(29)16-11-13-28(14-12-16)22-10-9-19(26-27-22)17-5-4-6-18(24)15-17/h2-10,15-16H,11-14H2,1H3,(H,25,29). The number of para-hydroxylation sites is 2. The fourth-order valence-corrected chi connectivity index (χ4v) is 3.65. The maximum absolute atomic E-state index is 13.4. The summed E-state index contributed by atoms with van der Waals surface area (Å²) in [7, 11) is 1.59. The highest BCUT2D eigenvalue weighted by molar-refractivity contribution is 5.94. The fraction of sp³-hybridized carbons (Fsp3) is 0.261. The van der Waals surface area contributed by atoms with Crippen molar-refractivity contribution in [1.29, 1.82) is 0 Å². The zero-order valence-corrected chi connectivity index (χ0v) is 16.7. The minimum absolute atomic E-state index is 0.00619. The number of hydrogen-bond donors (Lipinski definition) is 1. The third-order valence-corrected chi connectivity index (χ3v) is 5.33. The first-order chi connectivity index (χ1) is 14.6. The lowest BCUT2D eigenvalue weighted by atomic mass is 9.95. The average Bonchev–Trinajstić information content (AvgIpc) is 2.79. The van der Waals surface area contributed by atoms with Crippen molar-refractivity contribution >= 4 is 17.4 Å². The number of hydrogen-bond acceptors (Lipinski definition) is 5. The molecule has 0 atom stereocenters. The van der Waals surface area contributed by atoms with Crippen LogP contribution in [0.25, 0.3) is 11.3 Å². The number of rotatable bonds is 5. The van der Waals surface area contributed by atoms with E-state index in [4.69, 9.17) is 4.74 Å². The minimum atomic E-state index is -0.299. The van der Waals surface area contributed by atoms with E-state index in [1.54, 1.807) is 19.2 Å². The smallest absolute Gasteiger partial charge is 0.227 e. The van der Waals surface area contributed by atoms with Gasteiger partial charge < -0.3 is 15.0 Å². The molecule has 3 aromatic rings. The molecule has 1 aliphatic rings. The van der Waals surface area contributed by atoms with Gasteiger partial charge >= 0.3 is 0 Å². The van der Waals surface area contributed by atoms with Crippen molar-refractivity contribution in [2.45, 2.75) is 12.8 Å². The summed E-state index contributed by atoms with van der Waals surface area (Å²) in [4.78, 5) is 14.8. The number of benzene rings is 2. The van der Waals surface area contributed by atoms with Gasteiger partial charge in [0.15, 0.2) is 5.82 Å². The van der Waals surface area contributed by atoms with E-state index in [2.05, 4.69) is 20.4 Å². The van der Waals surface area contributed by atoms with Crippen LogP contribution in [0.4, 0.5) is 15.9 Å². The molecule has 0 aliphatic carbocycles. The number of nitrogens with zero attached hydrogens (tertiary/aromatic N) is 3. The van der Waals surface area contributed by atoms with Gasteiger partial charge in [0.2, 0.25) is 5.91 Å². The second-order valence-electron chi connectivity index (χ2n) is 7.24. The first-order valence-electron chi connectivity index (χ1n) is 9.92. The van der Waals surface area contributed by atoms with E-state index in [0.29, 0.717) is 22.7 Å². The van der Waals surface area contributed by atoms with Gasteiger partial charge in [0.25, 0.3) is 0 Å². The highest BCUT2D eigenvalue weighted by Gasteiger charge is 2.26. The largest absolute Gasteiger partial charge is 0.495 e. The zero-order valence-electron chi connectivity index (χ0n) is 16.7. The number of aromatic nitrogens is 2. The number of carbonyl (C=O) groups is 1. The minimum Gasteiger partial charge on any atom is -0.495 e.